The monoisotopic (exact) mass is 243 g/mol. The van der Waals surface area contributed by atoms with Crippen molar-refractivity contribution in [1.29, 1.82) is 0 Å². The summed E-state index contributed by atoms with van der Waals surface area (Å²) in [6, 6.07) is -0.476. The zero-order valence-corrected chi connectivity index (χ0v) is 12.1. The number of rotatable bonds is 7. The molecule has 0 heterocycles. The van der Waals surface area contributed by atoms with Gasteiger partial charge in [-0.25, -0.2) is 0 Å². The van der Waals surface area contributed by atoms with Gasteiger partial charge in [-0.05, 0) is 33.1 Å². The third-order valence-electron chi connectivity index (χ3n) is 2.84. The Hall–Kier alpha value is -0.570. The zero-order chi connectivity index (χ0) is 13.5. The standard InChI is InChI=1S/C14H29NO2/c1-6-8-9-11(7-2)10-12(15)13(16)17-14(3,4)5/h11-12H,6-10,15H2,1-5H3. The molecule has 0 radical (unpaired) electrons. The second-order valence-corrected chi connectivity index (χ2v) is 5.79. The Morgan fingerprint density at radius 2 is 1.88 bits per heavy atom. The molecule has 0 saturated heterocycles. The molecule has 2 atom stereocenters. The van der Waals surface area contributed by atoms with E-state index in [2.05, 4.69) is 13.8 Å². The number of carbonyl (C=O) groups excluding carboxylic acids is 1. The summed E-state index contributed by atoms with van der Waals surface area (Å²) in [6.45, 7) is 9.94. The lowest BCUT2D eigenvalue weighted by Crippen LogP contribution is -2.38. The molecule has 0 fully saturated rings. The highest BCUT2D eigenvalue weighted by atomic mass is 16.6. The lowest BCUT2D eigenvalue weighted by atomic mass is 9.92. The van der Waals surface area contributed by atoms with Crippen LogP contribution in [0.1, 0.15) is 66.7 Å². The summed E-state index contributed by atoms with van der Waals surface area (Å²) in [5.74, 6) is 0.268. The van der Waals surface area contributed by atoms with E-state index in [0.717, 1.165) is 19.3 Å². The van der Waals surface area contributed by atoms with Gasteiger partial charge in [0.15, 0.2) is 0 Å². The lowest BCUT2D eigenvalue weighted by Gasteiger charge is -2.24. The molecule has 0 aliphatic rings. The number of esters is 1. The Bertz CT molecular complexity index is 221. The van der Waals surface area contributed by atoms with E-state index in [1.807, 2.05) is 20.8 Å². The van der Waals surface area contributed by atoms with Crippen molar-refractivity contribution in [2.24, 2.45) is 11.7 Å². The molecular weight excluding hydrogens is 214 g/mol. The summed E-state index contributed by atoms with van der Waals surface area (Å²) < 4.78 is 5.29. The van der Waals surface area contributed by atoms with E-state index in [-0.39, 0.29) is 5.97 Å². The summed E-state index contributed by atoms with van der Waals surface area (Å²) in [5, 5.41) is 0. The highest BCUT2D eigenvalue weighted by Crippen LogP contribution is 2.19. The molecule has 0 aromatic heterocycles. The number of nitrogens with two attached hydrogens (primary N) is 1. The largest absolute Gasteiger partial charge is 0.459 e. The Labute approximate surface area is 106 Å². The Morgan fingerprint density at radius 3 is 2.29 bits per heavy atom. The van der Waals surface area contributed by atoms with Crippen LogP contribution in [0, 0.1) is 5.92 Å². The maximum atomic E-state index is 11.7. The molecule has 2 N–H and O–H groups in total. The molecule has 17 heavy (non-hydrogen) atoms. The molecule has 0 spiro atoms. The van der Waals surface area contributed by atoms with E-state index >= 15 is 0 Å². The minimum Gasteiger partial charge on any atom is -0.459 e. The molecule has 3 heteroatoms. The first-order chi connectivity index (χ1) is 7.80. The molecule has 0 aromatic rings. The number of unbranched alkanes of at least 4 members (excludes halogenated alkanes) is 1. The van der Waals surface area contributed by atoms with Crippen LogP contribution in [-0.4, -0.2) is 17.6 Å². The van der Waals surface area contributed by atoms with E-state index < -0.39 is 11.6 Å². The van der Waals surface area contributed by atoms with Crippen LogP contribution >= 0.6 is 0 Å². The molecule has 3 nitrogen and oxygen atoms in total. The van der Waals surface area contributed by atoms with Crippen LogP contribution in [0.4, 0.5) is 0 Å². The molecule has 2 unspecified atom stereocenters. The molecule has 0 rings (SSSR count). The first-order valence-corrected chi connectivity index (χ1v) is 6.78. The highest BCUT2D eigenvalue weighted by Gasteiger charge is 2.24. The van der Waals surface area contributed by atoms with Gasteiger partial charge < -0.3 is 10.5 Å². The van der Waals surface area contributed by atoms with Gasteiger partial charge in [0.1, 0.15) is 11.6 Å². The van der Waals surface area contributed by atoms with Crippen molar-refractivity contribution in [2.75, 3.05) is 0 Å². The SMILES string of the molecule is CCCCC(CC)CC(N)C(=O)OC(C)(C)C. The fourth-order valence-corrected chi connectivity index (χ4v) is 1.81. The van der Waals surface area contributed by atoms with Gasteiger partial charge in [-0.15, -0.1) is 0 Å². The van der Waals surface area contributed by atoms with Crippen LogP contribution < -0.4 is 5.73 Å². The van der Waals surface area contributed by atoms with Gasteiger partial charge in [0, 0.05) is 0 Å². The summed E-state index contributed by atoms with van der Waals surface area (Å²) in [6.07, 6.45) is 5.38. The summed E-state index contributed by atoms with van der Waals surface area (Å²) >= 11 is 0. The lowest BCUT2D eigenvalue weighted by molar-refractivity contribution is -0.156. The minimum absolute atomic E-state index is 0.271. The molecule has 0 saturated carbocycles. The molecular formula is C14H29NO2. The fraction of sp³-hybridized carbons (Fsp3) is 0.929. The summed E-state index contributed by atoms with van der Waals surface area (Å²) in [4.78, 5) is 11.7. The van der Waals surface area contributed by atoms with Gasteiger partial charge in [0.05, 0.1) is 0 Å². The van der Waals surface area contributed by atoms with E-state index in [1.165, 1.54) is 12.8 Å². The van der Waals surface area contributed by atoms with Gasteiger partial charge >= 0.3 is 5.97 Å². The molecule has 0 aliphatic carbocycles. The van der Waals surface area contributed by atoms with Crippen molar-refractivity contribution in [3.8, 4) is 0 Å². The minimum atomic E-state index is -0.476. The van der Waals surface area contributed by atoms with Gasteiger partial charge in [-0.1, -0.05) is 39.5 Å². The van der Waals surface area contributed by atoms with Crippen molar-refractivity contribution in [1.82, 2.24) is 0 Å². The number of carbonyl (C=O) groups is 1. The fourth-order valence-electron chi connectivity index (χ4n) is 1.81. The average molecular weight is 243 g/mol. The van der Waals surface area contributed by atoms with Gasteiger partial charge in [0.2, 0.25) is 0 Å². The van der Waals surface area contributed by atoms with Crippen LogP contribution in [-0.2, 0) is 9.53 Å². The highest BCUT2D eigenvalue weighted by molar-refractivity contribution is 5.75. The predicted molar refractivity (Wildman–Crippen MR) is 71.7 cm³/mol. The predicted octanol–water partition coefficient (Wildman–Crippen LogP) is 3.26. The van der Waals surface area contributed by atoms with Crippen LogP contribution in [0.25, 0.3) is 0 Å². The molecule has 0 amide bonds. The average Bonchev–Trinajstić information content (AvgIpc) is 2.21. The van der Waals surface area contributed by atoms with Crippen molar-refractivity contribution >= 4 is 5.97 Å². The maximum Gasteiger partial charge on any atom is 0.323 e. The van der Waals surface area contributed by atoms with Gasteiger partial charge in [-0.2, -0.15) is 0 Å². The second-order valence-electron chi connectivity index (χ2n) is 5.79. The Balaban J connectivity index is 4.12. The first-order valence-electron chi connectivity index (χ1n) is 6.78. The van der Waals surface area contributed by atoms with Crippen molar-refractivity contribution in [3.05, 3.63) is 0 Å². The third kappa shape index (κ3) is 8.19. The normalized spacial score (nSPS) is 15.4. The third-order valence-corrected chi connectivity index (χ3v) is 2.84. The molecule has 0 bridgehead atoms. The molecule has 0 aliphatic heterocycles. The number of ether oxygens (including phenoxy) is 1. The van der Waals surface area contributed by atoms with Crippen molar-refractivity contribution in [3.63, 3.8) is 0 Å². The first kappa shape index (κ1) is 16.4. The van der Waals surface area contributed by atoms with Crippen LogP contribution in [0.3, 0.4) is 0 Å². The van der Waals surface area contributed by atoms with Gasteiger partial charge in [-0.3, -0.25) is 4.79 Å². The van der Waals surface area contributed by atoms with E-state index in [4.69, 9.17) is 10.5 Å². The smallest absolute Gasteiger partial charge is 0.323 e. The van der Waals surface area contributed by atoms with Crippen molar-refractivity contribution in [2.45, 2.75) is 78.4 Å². The second kappa shape index (κ2) is 7.70. The Kier molecular flexibility index (Phi) is 7.44. The topological polar surface area (TPSA) is 52.3 Å². The molecule has 102 valence electrons. The van der Waals surface area contributed by atoms with E-state index in [1.54, 1.807) is 0 Å². The van der Waals surface area contributed by atoms with E-state index in [0.29, 0.717) is 5.92 Å². The zero-order valence-electron chi connectivity index (χ0n) is 12.1. The van der Waals surface area contributed by atoms with Crippen LogP contribution in [0.5, 0.6) is 0 Å². The molecule has 0 aromatic carbocycles. The Morgan fingerprint density at radius 1 is 1.29 bits per heavy atom. The number of hydrogen-bond donors (Lipinski definition) is 1. The number of hydrogen-bond acceptors (Lipinski definition) is 3. The van der Waals surface area contributed by atoms with Crippen molar-refractivity contribution < 1.29 is 9.53 Å². The summed E-state index contributed by atoms with van der Waals surface area (Å²) in [7, 11) is 0. The maximum absolute atomic E-state index is 11.7. The van der Waals surface area contributed by atoms with E-state index in [9.17, 15) is 4.79 Å². The van der Waals surface area contributed by atoms with Crippen LogP contribution in [0.2, 0.25) is 0 Å². The van der Waals surface area contributed by atoms with Crippen LogP contribution in [0.15, 0.2) is 0 Å². The quantitative estimate of drug-likeness (QED) is 0.698. The summed E-state index contributed by atoms with van der Waals surface area (Å²) in [5.41, 5.74) is 5.45. The van der Waals surface area contributed by atoms with Gasteiger partial charge in [0.25, 0.3) is 0 Å².